The second-order valence-electron chi connectivity index (χ2n) is 8.57. The van der Waals surface area contributed by atoms with Gasteiger partial charge in [-0.15, -0.1) is 0 Å². The van der Waals surface area contributed by atoms with Gasteiger partial charge in [-0.2, -0.15) is 27.3 Å². The van der Waals surface area contributed by atoms with Crippen molar-refractivity contribution in [1.82, 2.24) is 14.9 Å². The Hall–Kier alpha value is -3.15. The van der Waals surface area contributed by atoms with E-state index in [1.165, 1.54) is 24.3 Å². The molecule has 1 aromatic carbocycles. The summed E-state index contributed by atoms with van der Waals surface area (Å²) in [4.78, 5) is 37.7. The van der Waals surface area contributed by atoms with Crippen LogP contribution in [0.15, 0.2) is 24.3 Å². The first-order valence-corrected chi connectivity index (χ1v) is 10.7. The van der Waals surface area contributed by atoms with Gasteiger partial charge in [0.2, 0.25) is 11.9 Å². The monoisotopic (exact) mass is 494 g/mol. The zero-order valence-corrected chi connectivity index (χ0v) is 20.3. The lowest BCUT2D eigenvalue weighted by atomic mass is 9.99. The van der Waals surface area contributed by atoms with E-state index in [4.69, 9.17) is 0 Å². The zero-order valence-electron chi connectivity index (χ0n) is 19.3. The van der Waals surface area contributed by atoms with E-state index in [0.29, 0.717) is 41.8 Å². The lowest BCUT2D eigenvalue weighted by Crippen LogP contribution is -2.57. The Morgan fingerprint density at radius 1 is 1.21 bits per heavy atom. The summed E-state index contributed by atoms with van der Waals surface area (Å²) >= 11 is 0. The van der Waals surface area contributed by atoms with Crippen molar-refractivity contribution in [1.29, 1.82) is 0 Å². The molecule has 0 aliphatic carbocycles. The summed E-state index contributed by atoms with van der Waals surface area (Å²) in [5, 5.41) is 6.17. The highest BCUT2D eigenvalue weighted by molar-refractivity contribution is 7.59. The van der Waals surface area contributed by atoms with Gasteiger partial charge >= 0.3 is 6.61 Å². The minimum atomic E-state index is -2.91. The van der Waals surface area contributed by atoms with Gasteiger partial charge in [0.1, 0.15) is 17.5 Å². The van der Waals surface area contributed by atoms with Gasteiger partial charge in [0, 0.05) is 25.7 Å². The number of benzene rings is 1. The highest BCUT2D eigenvalue weighted by Crippen LogP contribution is 2.34. The number of anilines is 3. The highest BCUT2D eigenvalue weighted by atomic mass is 32.1. The van der Waals surface area contributed by atoms with Crippen LogP contribution in [0.5, 0.6) is 5.75 Å². The first kappa shape index (κ1) is 25.5. The first-order valence-electron chi connectivity index (χ1n) is 10.7. The quantitative estimate of drug-likeness (QED) is 0.637. The van der Waals surface area contributed by atoms with Gasteiger partial charge in [-0.3, -0.25) is 9.59 Å². The topological polar surface area (TPSA) is 99.7 Å². The fraction of sp³-hybridized carbons (Fsp3) is 0.455. The molecule has 1 atom stereocenters. The van der Waals surface area contributed by atoms with Crippen molar-refractivity contribution < 1.29 is 23.1 Å². The number of aromatic nitrogens is 2. The van der Waals surface area contributed by atoms with Crippen molar-refractivity contribution >= 4 is 42.8 Å². The number of ether oxygens (including phenoxy) is 1. The Bertz CT molecular complexity index is 1060. The third kappa shape index (κ3) is 5.01. The number of alkyl halides is 2. The predicted molar refractivity (Wildman–Crippen MR) is 129 cm³/mol. The maximum Gasteiger partial charge on any atom is 0.387 e. The molecule has 34 heavy (non-hydrogen) atoms. The second kappa shape index (κ2) is 10.00. The third-order valence-corrected chi connectivity index (χ3v) is 5.80. The number of likely N-dealkylation sites (tertiary alicyclic amines) is 1. The van der Waals surface area contributed by atoms with E-state index < -0.39 is 6.61 Å². The van der Waals surface area contributed by atoms with Crippen molar-refractivity contribution in [3.63, 3.8) is 0 Å². The molecule has 2 aliphatic rings. The van der Waals surface area contributed by atoms with Gasteiger partial charge in [-0.05, 0) is 37.1 Å². The second-order valence-corrected chi connectivity index (χ2v) is 8.57. The molecule has 3 heterocycles. The number of amides is 2. The van der Waals surface area contributed by atoms with Gasteiger partial charge in [0.25, 0.3) is 5.91 Å². The average molecular weight is 495 g/mol. The molecule has 2 N–H and O–H groups in total. The summed E-state index contributed by atoms with van der Waals surface area (Å²) in [5.74, 6) is 0.933. The lowest BCUT2D eigenvalue weighted by Gasteiger charge is -2.40. The molecule has 0 radical (unpaired) electrons. The van der Waals surface area contributed by atoms with Crippen LogP contribution in [-0.2, 0) is 4.79 Å². The minimum absolute atomic E-state index is 0. The van der Waals surface area contributed by atoms with Crippen LogP contribution in [0.4, 0.5) is 26.2 Å². The minimum Gasteiger partial charge on any atom is -0.435 e. The van der Waals surface area contributed by atoms with Gasteiger partial charge < -0.3 is 25.2 Å². The Morgan fingerprint density at radius 2 is 1.85 bits per heavy atom. The molecular formula is C22H28F2N6O3S. The number of aryl methyl sites for hydroxylation is 1. The summed E-state index contributed by atoms with van der Waals surface area (Å²) in [7, 11) is 1.85. The van der Waals surface area contributed by atoms with Gasteiger partial charge in [0.05, 0.1) is 11.7 Å². The molecular weight excluding hydrogens is 466 g/mol. The average Bonchev–Trinajstić information content (AvgIpc) is 2.71. The van der Waals surface area contributed by atoms with E-state index in [1.807, 2.05) is 32.7 Å². The van der Waals surface area contributed by atoms with Crippen molar-refractivity contribution in [2.45, 2.75) is 39.5 Å². The van der Waals surface area contributed by atoms with Crippen LogP contribution < -0.4 is 20.3 Å². The summed E-state index contributed by atoms with van der Waals surface area (Å²) in [5.41, 5.74) is 1.66. The molecule has 4 rings (SSSR count). The zero-order chi connectivity index (χ0) is 23.9. The van der Waals surface area contributed by atoms with Gasteiger partial charge in [-0.1, -0.05) is 13.8 Å². The van der Waals surface area contributed by atoms with E-state index in [2.05, 4.69) is 25.3 Å². The van der Waals surface area contributed by atoms with Crippen LogP contribution in [0.1, 0.15) is 29.9 Å². The molecule has 1 aromatic heterocycles. The number of carbonyl (C=O) groups excluding carboxylic acids is 2. The Labute approximate surface area is 203 Å². The van der Waals surface area contributed by atoms with Crippen molar-refractivity contribution in [3.8, 4) is 5.75 Å². The lowest BCUT2D eigenvalue weighted by molar-refractivity contribution is -0.118. The first-order chi connectivity index (χ1) is 15.6. The maximum atomic E-state index is 12.6. The van der Waals surface area contributed by atoms with Crippen molar-refractivity contribution in [3.05, 3.63) is 35.5 Å². The molecule has 1 saturated heterocycles. The number of hydrogen-bond donors (Lipinski definition) is 2. The van der Waals surface area contributed by atoms with Crippen molar-refractivity contribution in [2.75, 3.05) is 35.7 Å². The van der Waals surface area contributed by atoms with Gasteiger partial charge in [-0.25, -0.2) is 4.98 Å². The van der Waals surface area contributed by atoms with E-state index >= 15 is 0 Å². The summed E-state index contributed by atoms with van der Waals surface area (Å²) < 4.78 is 28.8. The van der Waals surface area contributed by atoms with Crippen molar-refractivity contribution in [2.24, 2.45) is 5.92 Å². The number of rotatable bonds is 6. The van der Waals surface area contributed by atoms with E-state index in [9.17, 15) is 18.4 Å². The Kier molecular flexibility index (Phi) is 7.49. The fourth-order valence-electron chi connectivity index (χ4n) is 4.16. The molecule has 0 saturated carbocycles. The summed E-state index contributed by atoms with van der Waals surface area (Å²) in [6, 6.07) is 5.26. The molecule has 0 bridgehead atoms. The van der Waals surface area contributed by atoms with Crippen LogP contribution in [0.25, 0.3) is 0 Å². The number of hydrogen-bond acceptors (Lipinski definition) is 7. The number of likely N-dealkylation sites (N-methyl/N-ethyl adjacent to an activating group) is 1. The number of fused-ring (bicyclic) bond motifs is 1. The van der Waals surface area contributed by atoms with Crippen LogP contribution in [0.3, 0.4) is 0 Å². The molecule has 2 amide bonds. The Balaban J connectivity index is 0.00000324. The van der Waals surface area contributed by atoms with Crippen LogP contribution in [-0.4, -0.2) is 65.5 Å². The largest absolute Gasteiger partial charge is 0.435 e. The molecule has 9 nitrogen and oxygen atoms in total. The smallest absolute Gasteiger partial charge is 0.387 e. The third-order valence-electron chi connectivity index (χ3n) is 5.80. The molecule has 2 aliphatic heterocycles. The normalized spacial score (nSPS) is 17.6. The molecule has 2 aromatic rings. The van der Waals surface area contributed by atoms with Crippen LogP contribution in [0, 0.1) is 12.8 Å². The number of nitrogens with zero attached hydrogens (tertiary/aromatic N) is 4. The number of halogens is 2. The number of carbonyl (C=O) groups is 2. The van der Waals surface area contributed by atoms with Crippen LogP contribution in [0.2, 0.25) is 0 Å². The van der Waals surface area contributed by atoms with E-state index in [1.54, 1.807) is 4.90 Å². The number of nitrogens with one attached hydrogen (secondary N) is 2. The van der Waals surface area contributed by atoms with E-state index in [-0.39, 0.29) is 49.1 Å². The molecule has 12 heteroatoms. The molecule has 184 valence electrons. The molecule has 0 unspecified atom stereocenters. The Morgan fingerprint density at radius 3 is 2.44 bits per heavy atom. The summed E-state index contributed by atoms with van der Waals surface area (Å²) in [6.07, 6.45) is 0. The standard InChI is InChI=1S/C22H26F2N6O3.H2S/c1-11(2)17-19(31)27-16-12(3)25-22(28-18(16)29(17)4)26-14-9-30(10-14)20(32)13-5-7-15(8-6-13)33-21(23)24;/h5-8,11,14,17,21H,9-10H2,1-4H3,(H,27,31)(H,25,26,28);1H2/t17-;/m0./s1. The van der Waals surface area contributed by atoms with E-state index in [0.717, 1.165) is 0 Å². The maximum absolute atomic E-state index is 12.6. The van der Waals surface area contributed by atoms with Gasteiger partial charge in [0.15, 0.2) is 5.82 Å². The fourth-order valence-corrected chi connectivity index (χ4v) is 4.16. The molecule has 1 fully saturated rings. The predicted octanol–water partition coefficient (Wildman–Crippen LogP) is 2.85. The van der Waals surface area contributed by atoms with Crippen LogP contribution >= 0.6 is 13.5 Å². The SMILES string of the molecule is Cc1nc(NC2CN(C(=O)c3ccc(OC(F)F)cc3)C2)nc2c1NC(=O)[C@H](C(C)C)N2C.S. The molecule has 0 spiro atoms. The summed E-state index contributed by atoms with van der Waals surface area (Å²) in [6.45, 7) is 3.78. The highest BCUT2D eigenvalue weighted by Gasteiger charge is 2.36.